The van der Waals surface area contributed by atoms with Crippen molar-refractivity contribution in [3.05, 3.63) is 28.7 Å². The average molecular weight is 348 g/mol. The van der Waals surface area contributed by atoms with Crippen molar-refractivity contribution in [2.45, 2.75) is 25.7 Å². The van der Waals surface area contributed by atoms with Crippen molar-refractivity contribution in [2.75, 3.05) is 11.9 Å². The highest BCUT2D eigenvalue weighted by Crippen LogP contribution is 2.45. The van der Waals surface area contributed by atoms with Gasteiger partial charge in [-0.3, -0.25) is 0 Å². The highest BCUT2D eigenvalue weighted by molar-refractivity contribution is 9.10. The normalized spacial score (nSPS) is 17.9. The van der Waals surface area contributed by atoms with E-state index in [1.807, 2.05) is 24.3 Å². The van der Waals surface area contributed by atoms with E-state index in [4.69, 9.17) is 4.74 Å². The van der Waals surface area contributed by atoms with Gasteiger partial charge in [0.1, 0.15) is 5.75 Å². The molecule has 0 amide bonds. The Morgan fingerprint density at radius 3 is 2.69 bits per heavy atom. The molecule has 0 N–H and O–H groups in total. The third-order valence-corrected chi connectivity index (χ3v) is 5.08. The molecule has 0 saturated heterocycles. The lowest BCUT2D eigenvalue weighted by molar-refractivity contribution is 0.123. The predicted molar refractivity (Wildman–Crippen MR) is 74.3 cm³/mol. The third-order valence-electron chi connectivity index (χ3n) is 3.39. The minimum atomic E-state index is 0.520. The quantitative estimate of drug-likeness (QED) is 0.696. The van der Waals surface area contributed by atoms with Gasteiger partial charge in [-0.15, -0.1) is 0 Å². The zero-order valence-corrected chi connectivity index (χ0v) is 12.4. The van der Waals surface area contributed by atoms with Crippen molar-refractivity contribution in [3.63, 3.8) is 0 Å². The van der Waals surface area contributed by atoms with Crippen LogP contribution in [0.15, 0.2) is 28.7 Å². The first-order valence-electron chi connectivity index (χ1n) is 5.68. The molecule has 0 aliphatic heterocycles. The Bertz CT molecular complexity index is 342. The molecule has 1 aromatic rings. The number of alkyl halides is 1. The number of rotatable bonds is 5. The summed E-state index contributed by atoms with van der Waals surface area (Å²) in [4.78, 5) is 0. The minimum absolute atomic E-state index is 0.520. The minimum Gasteiger partial charge on any atom is -0.494 e. The highest BCUT2D eigenvalue weighted by atomic mass is 79.9. The van der Waals surface area contributed by atoms with Gasteiger partial charge in [0, 0.05) is 9.80 Å². The fourth-order valence-electron chi connectivity index (χ4n) is 2.07. The molecule has 1 aliphatic carbocycles. The predicted octanol–water partition coefficient (Wildman–Crippen LogP) is 4.78. The van der Waals surface area contributed by atoms with E-state index >= 15 is 0 Å². The van der Waals surface area contributed by atoms with E-state index in [0.29, 0.717) is 5.41 Å². The molecule has 1 fully saturated rings. The number of hydrogen-bond donors (Lipinski definition) is 0. The maximum atomic E-state index is 5.77. The maximum Gasteiger partial charge on any atom is 0.120 e. The zero-order valence-electron chi connectivity index (χ0n) is 9.22. The van der Waals surface area contributed by atoms with Crippen molar-refractivity contribution in [1.82, 2.24) is 0 Å². The first-order chi connectivity index (χ1) is 7.74. The van der Waals surface area contributed by atoms with Gasteiger partial charge in [-0.2, -0.15) is 0 Å². The van der Waals surface area contributed by atoms with Gasteiger partial charge in [0.25, 0.3) is 0 Å². The Kier molecular flexibility index (Phi) is 4.31. The fourth-order valence-corrected chi connectivity index (χ4v) is 3.29. The molecular weight excluding hydrogens is 332 g/mol. The van der Waals surface area contributed by atoms with Crippen LogP contribution < -0.4 is 4.74 Å². The molecule has 0 spiro atoms. The summed E-state index contributed by atoms with van der Waals surface area (Å²) < 4.78 is 6.84. The molecule has 1 aromatic carbocycles. The summed E-state index contributed by atoms with van der Waals surface area (Å²) >= 11 is 7.06. The lowest BCUT2D eigenvalue weighted by Gasteiger charge is -2.40. The van der Waals surface area contributed by atoms with E-state index < -0.39 is 0 Å². The van der Waals surface area contributed by atoms with Crippen LogP contribution in [0.3, 0.4) is 0 Å². The lowest BCUT2D eigenvalue weighted by atomic mass is 9.68. The van der Waals surface area contributed by atoms with E-state index in [0.717, 1.165) is 28.6 Å². The molecular formula is C13H16Br2O. The molecule has 1 nitrogen and oxygen atoms in total. The van der Waals surface area contributed by atoms with E-state index in [-0.39, 0.29) is 0 Å². The molecule has 1 aliphatic rings. The Morgan fingerprint density at radius 2 is 2.12 bits per heavy atom. The molecule has 0 atom stereocenters. The Hall–Kier alpha value is -0.0200. The van der Waals surface area contributed by atoms with Crippen molar-refractivity contribution in [1.29, 1.82) is 0 Å². The van der Waals surface area contributed by atoms with Gasteiger partial charge in [-0.1, -0.05) is 44.3 Å². The van der Waals surface area contributed by atoms with Crippen LogP contribution >= 0.6 is 31.9 Å². The maximum absolute atomic E-state index is 5.77. The monoisotopic (exact) mass is 346 g/mol. The second kappa shape index (κ2) is 5.54. The SMILES string of the molecule is BrCC1(CCOc2cccc(Br)c2)CCC1. The van der Waals surface area contributed by atoms with E-state index in [1.54, 1.807) is 0 Å². The summed E-state index contributed by atoms with van der Waals surface area (Å²) in [5.74, 6) is 0.957. The van der Waals surface area contributed by atoms with Gasteiger partial charge in [-0.25, -0.2) is 0 Å². The molecule has 0 bridgehead atoms. The second-order valence-electron chi connectivity index (χ2n) is 4.54. The van der Waals surface area contributed by atoms with Crippen LogP contribution in [0.5, 0.6) is 5.75 Å². The van der Waals surface area contributed by atoms with Crippen molar-refractivity contribution in [3.8, 4) is 5.75 Å². The van der Waals surface area contributed by atoms with E-state index in [1.165, 1.54) is 19.3 Å². The summed E-state index contributed by atoms with van der Waals surface area (Å²) in [6.07, 6.45) is 5.23. The summed E-state index contributed by atoms with van der Waals surface area (Å²) in [7, 11) is 0. The van der Waals surface area contributed by atoms with Crippen LogP contribution in [0.1, 0.15) is 25.7 Å². The van der Waals surface area contributed by atoms with Crippen LogP contribution in [-0.2, 0) is 0 Å². The first-order valence-corrected chi connectivity index (χ1v) is 7.60. The topological polar surface area (TPSA) is 9.23 Å². The van der Waals surface area contributed by atoms with Crippen molar-refractivity contribution in [2.24, 2.45) is 5.41 Å². The second-order valence-corrected chi connectivity index (χ2v) is 6.02. The summed E-state index contributed by atoms with van der Waals surface area (Å²) in [5.41, 5.74) is 0.520. The zero-order chi connectivity index (χ0) is 11.4. The molecule has 3 heteroatoms. The number of benzene rings is 1. The number of ether oxygens (including phenoxy) is 1. The van der Waals surface area contributed by atoms with Gasteiger partial charge in [0.2, 0.25) is 0 Å². The van der Waals surface area contributed by atoms with Gasteiger partial charge in [-0.05, 0) is 42.9 Å². The largest absolute Gasteiger partial charge is 0.494 e. The Balaban J connectivity index is 1.79. The molecule has 0 heterocycles. The van der Waals surface area contributed by atoms with Gasteiger partial charge in [0.15, 0.2) is 0 Å². The summed E-state index contributed by atoms with van der Waals surface area (Å²) in [6, 6.07) is 8.04. The Labute approximate surface area is 114 Å². The van der Waals surface area contributed by atoms with Crippen molar-refractivity contribution < 1.29 is 4.74 Å². The standard InChI is InChI=1S/C13H16Br2O/c14-10-13(5-2-6-13)7-8-16-12-4-1-3-11(15)9-12/h1,3-4,9H,2,5-8,10H2. The van der Waals surface area contributed by atoms with Crippen molar-refractivity contribution >= 4 is 31.9 Å². The van der Waals surface area contributed by atoms with Crippen LogP contribution in [0.4, 0.5) is 0 Å². The summed E-state index contributed by atoms with van der Waals surface area (Å²) in [5, 5.41) is 1.11. The van der Waals surface area contributed by atoms with Gasteiger partial charge in [0.05, 0.1) is 6.61 Å². The average Bonchev–Trinajstić information content (AvgIpc) is 2.22. The molecule has 1 saturated carbocycles. The number of hydrogen-bond acceptors (Lipinski definition) is 1. The van der Waals surface area contributed by atoms with Crippen LogP contribution in [0.25, 0.3) is 0 Å². The van der Waals surface area contributed by atoms with Crippen LogP contribution in [0.2, 0.25) is 0 Å². The molecule has 16 heavy (non-hydrogen) atoms. The van der Waals surface area contributed by atoms with Crippen LogP contribution in [0, 0.1) is 5.41 Å². The lowest BCUT2D eigenvalue weighted by Crippen LogP contribution is -2.32. The van der Waals surface area contributed by atoms with Gasteiger partial charge < -0.3 is 4.74 Å². The fraction of sp³-hybridized carbons (Fsp3) is 0.538. The van der Waals surface area contributed by atoms with Gasteiger partial charge >= 0.3 is 0 Å². The Morgan fingerprint density at radius 1 is 1.31 bits per heavy atom. The van der Waals surface area contributed by atoms with E-state index in [9.17, 15) is 0 Å². The highest BCUT2D eigenvalue weighted by Gasteiger charge is 2.35. The molecule has 2 rings (SSSR count). The van der Waals surface area contributed by atoms with Crippen LogP contribution in [-0.4, -0.2) is 11.9 Å². The molecule has 0 unspecified atom stereocenters. The molecule has 0 aromatic heterocycles. The third kappa shape index (κ3) is 3.01. The number of halogens is 2. The van der Waals surface area contributed by atoms with E-state index in [2.05, 4.69) is 31.9 Å². The smallest absolute Gasteiger partial charge is 0.120 e. The molecule has 88 valence electrons. The first kappa shape index (κ1) is 12.4. The summed E-state index contributed by atoms with van der Waals surface area (Å²) in [6.45, 7) is 0.821. The molecule has 0 radical (unpaired) electrons.